The first-order valence-corrected chi connectivity index (χ1v) is 11.7. The van der Waals surface area contributed by atoms with Crippen LogP contribution in [0, 0.1) is 0 Å². The van der Waals surface area contributed by atoms with Crippen LogP contribution >= 0.6 is 0 Å². The first-order valence-electron chi connectivity index (χ1n) is 11.7. The van der Waals surface area contributed by atoms with Crippen LogP contribution in [0.1, 0.15) is 49.3 Å². The molecule has 0 bridgehead atoms. The van der Waals surface area contributed by atoms with E-state index in [1.807, 2.05) is 97.9 Å². The highest BCUT2D eigenvalue weighted by Gasteiger charge is 2.38. The second-order valence-electron chi connectivity index (χ2n) is 8.24. The molecular formula is C29H32O5. The van der Waals surface area contributed by atoms with Crippen molar-refractivity contribution in [3.63, 3.8) is 0 Å². The molecule has 3 aromatic carbocycles. The summed E-state index contributed by atoms with van der Waals surface area (Å²) < 4.78 is 11.6. The Bertz CT molecular complexity index is 921. The Kier molecular flexibility index (Phi) is 9.56. The van der Waals surface area contributed by atoms with Crippen LogP contribution in [0.5, 0.6) is 0 Å². The Morgan fingerprint density at radius 2 is 1.29 bits per heavy atom. The monoisotopic (exact) mass is 460 g/mol. The van der Waals surface area contributed by atoms with E-state index in [-0.39, 0.29) is 25.2 Å². The van der Waals surface area contributed by atoms with Crippen molar-refractivity contribution in [3.8, 4) is 0 Å². The van der Waals surface area contributed by atoms with Crippen molar-refractivity contribution in [2.75, 3.05) is 13.2 Å². The van der Waals surface area contributed by atoms with Crippen molar-refractivity contribution in [3.05, 3.63) is 108 Å². The number of hydrogen-bond acceptors (Lipinski definition) is 5. The fourth-order valence-corrected chi connectivity index (χ4v) is 3.93. The molecule has 0 heterocycles. The van der Waals surface area contributed by atoms with Gasteiger partial charge in [-0.3, -0.25) is 9.59 Å². The molecule has 34 heavy (non-hydrogen) atoms. The van der Waals surface area contributed by atoms with E-state index >= 15 is 0 Å². The van der Waals surface area contributed by atoms with Gasteiger partial charge in [0.05, 0.1) is 19.3 Å². The molecule has 0 radical (unpaired) electrons. The molecule has 5 nitrogen and oxygen atoms in total. The predicted octanol–water partition coefficient (Wildman–Crippen LogP) is 5.05. The molecule has 3 aromatic rings. The van der Waals surface area contributed by atoms with Crippen LogP contribution in [0.4, 0.5) is 0 Å². The highest BCUT2D eigenvalue weighted by Crippen LogP contribution is 2.40. The van der Waals surface area contributed by atoms with E-state index in [0.29, 0.717) is 6.61 Å². The molecule has 0 aliphatic carbocycles. The Morgan fingerprint density at radius 1 is 0.824 bits per heavy atom. The Labute approximate surface area is 201 Å². The summed E-state index contributed by atoms with van der Waals surface area (Å²) in [5, 5.41) is 10.7. The predicted molar refractivity (Wildman–Crippen MR) is 131 cm³/mol. The topological polar surface area (TPSA) is 72.8 Å². The second kappa shape index (κ2) is 12.8. The van der Waals surface area contributed by atoms with E-state index in [1.165, 1.54) is 0 Å². The summed E-state index contributed by atoms with van der Waals surface area (Å²) in [6.45, 7) is 2.22. The van der Waals surface area contributed by atoms with Gasteiger partial charge in [-0.1, -0.05) is 104 Å². The number of ether oxygens (including phenoxy) is 2. The molecule has 0 aliphatic rings. The lowest BCUT2D eigenvalue weighted by atomic mass is 9.80. The zero-order chi connectivity index (χ0) is 24.2. The van der Waals surface area contributed by atoms with Crippen molar-refractivity contribution in [1.82, 2.24) is 0 Å². The minimum atomic E-state index is -1.06. The van der Waals surface area contributed by atoms with Crippen LogP contribution in [-0.4, -0.2) is 36.2 Å². The van der Waals surface area contributed by atoms with Crippen molar-refractivity contribution in [1.29, 1.82) is 0 Å². The number of carbonyl (C=O) groups excluding carboxylic acids is 2. The van der Waals surface area contributed by atoms with E-state index in [1.54, 1.807) is 0 Å². The van der Waals surface area contributed by atoms with Gasteiger partial charge in [0.2, 0.25) is 0 Å². The number of hydrogen-bond donors (Lipinski definition) is 1. The Balaban J connectivity index is 1.80. The number of carbonyl (C=O) groups is 2. The molecule has 5 heteroatoms. The van der Waals surface area contributed by atoms with Crippen LogP contribution in [0.2, 0.25) is 0 Å². The van der Waals surface area contributed by atoms with E-state index in [4.69, 9.17) is 9.47 Å². The molecule has 1 N–H and O–H groups in total. The number of unbranched alkanes of at least 4 members (excludes halogenated alkanes) is 1. The van der Waals surface area contributed by atoms with Gasteiger partial charge in [0.1, 0.15) is 17.8 Å². The molecule has 3 rings (SSSR count). The van der Waals surface area contributed by atoms with Crippen LogP contribution in [0.15, 0.2) is 91.0 Å². The summed E-state index contributed by atoms with van der Waals surface area (Å²) in [7, 11) is 0. The van der Waals surface area contributed by atoms with Gasteiger partial charge in [0.15, 0.2) is 0 Å². The van der Waals surface area contributed by atoms with Crippen LogP contribution in [0.25, 0.3) is 0 Å². The summed E-state index contributed by atoms with van der Waals surface area (Å²) in [5.41, 5.74) is 1.74. The van der Waals surface area contributed by atoms with Crippen molar-refractivity contribution < 1.29 is 24.2 Å². The second-order valence-corrected chi connectivity index (χ2v) is 8.24. The quantitative estimate of drug-likeness (QED) is 0.167. The molecule has 0 amide bonds. The largest absolute Gasteiger partial charge is 0.465 e. The fourth-order valence-electron chi connectivity index (χ4n) is 3.93. The lowest BCUT2D eigenvalue weighted by Gasteiger charge is -2.36. The summed E-state index contributed by atoms with van der Waals surface area (Å²) in [6, 6.07) is 29.5. The summed E-state index contributed by atoms with van der Waals surface area (Å²) >= 11 is 0. The van der Waals surface area contributed by atoms with Gasteiger partial charge in [0.25, 0.3) is 0 Å². The number of aliphatic hydroxyl groups excluding tert-OH is 1. The molecule has 0 fully saturated rings. The normalized spacial score (nSPS) is 12.2. The van der Waals surface area contributed by atoms with Crippen molar-refractivity contribution in [2.24, 2.45) is 0 Å². The molecular weight excluding hydrogens is 428 g/mol. The van der Waals surface area contributed by atoms with Crippen molar-refractivity contribution >= 4 is 11.8 Å². The maximum absolute atomic E-state index is 12.3. The summed E-state index contributed by atoms with van der Waals surface area (Å²) in [4.78, 5) is 24.1. The average molecular weight is 461 g/mol. The summed E-state index contributed by atoms with van der Waals surface area (Å²) in [5.74, 6) is -0.930. The number of Topliss-reactive ketones (excluding diaryl/α,β-unsaturated/α-hetero) is 1. The van der Waals surface area contributed by atoms with E-state index in [2.05, 4.69) is 0 Å². The number of esters is 1. The highest BCUT2D eigenvalue weighted by atomic mass is 16.5. The third kappa shape index (κ3) is 6.62. The first-order chi connectivity index (χ1) is 16.6. The maximum atomic E-state index is 12.3. The van der Waals surface area contributed by atoms with Crippen LogP contribution in [-0.2, 0) is 24.7 Å². The number of benzene rings is 3. The van der Waals surface area contributed by atoms with Crippen LogP contribution in [0.3, 0.4) is 0 Å². The van der Waals surface area contributed by atoms with Crippen LogP contribution < -0.4 is 0 Å². The van der Waals surface area contributed by atoms with Gasteiger partial charge < -0.3 is 14.6 Å². The fraction of sp³-hybridized carbons (Fsp3) is 0.310. The molecule has 0 saturated heterocycles. The molecule has 0 saturated carbocycles. The molecule has 0 aliphatic heterocycles. The summed E-state index contributed by atoms with van der Waals surface area (Å²) in [6.07, 6.45) is 0.0749. The van der Waals surface area contributed by atoms with Gasteiger partial charge in [-0.05, 0) is 23.1 Å². The highest BCUT2D eigenvalue weighted by molar-refractivity contribution is 5.95. The maximum Gasteiger partial charge on any atom is 0.313 e. The average Bonchev–Trinajstić information content (AvgIpc) is 2.86. The molecule has 1 atom stereocenters. The minimum absolute atomic E-state index is 0.0880. The SMILES string of the molecule is CCCCOC(=O)CC(=O)C[C@H](O)COC(c1ccccc1)(c1ccccc1)c1ccccc1. The number of rotatable bonds is 13. The van der Waals surface area contributed by atoms with E-state index in [9.17, 15) is 14.7 Å². The molecule has 0 aromatic heterocycles. The molecule has 178 valence electrons. The number of aliphatic hydroxyl groups is 1. The zero-order valence-corrected chi connectivity index (χ0v) is 19.6. The number of ketones is 1. The van der Waals surface area contributed by atoms with Gasteiger partial charge >= 0.3 is 5.97 Å². The zero-order valence-electron chi connectivity index (χ0n) is 19.6. The van der Waals surface area contributed by atoms with Gasteiger partial charge in [-0.25, -0.2) is 0 Å². The first kappa shape index (κ1) is 25.3. The van der Waals surface area contributed by atoms with Crippen molar-refractivity contribution in [2.45, 2.75) is 44.3 Å². The van der Waals surface area contributed by atoms with E-state index in [0.717, 1.165) is 29.5 Å². The van der Waals surface area contributed by atoms with Gasteiger partial charge in [0, 0.05) is 6.42 Å². The van der Waals surface area contributed by atoms with E-state index < -0.39 is 17.7 Å². The Hall–Kier alpha value is -3.28. The Morgan fingerprint density at radius 3 is 1.74 bits per heavy atom. The lowest BCUT2D eigenvalue weighted by Crippen LogP contribution is -2.36. The molecule has 0 unspecified atom stereocenters. The lowest BCUT2D eigenvalue weighted by molar-refractivity contribution is -0.146. The standard InChI is InChI=1S/C29H32O5/c1-2-3-19-33-28(32)21-26(30)20-27(31)22-34-29(23-13-7-4-8-14-23,24-15-9-5-10-16-24)25-17-11-6-12-18-25/h4-18,27,31H,2-3,19-22H2,1H3/t27-/m0/s1. The smallest absolute Gasteiger partial charge is 0.313 e. The van der Waals surface area contributed by atoms with Gasteiger partial charge in [-0.15, -0.1) is 0 Å². The minimum Gasteiger partial charge on any atom is -0.465 e. The molecule has 0 spiro atoms. The third-order valence-electron chi connectivity index (χ3n) is 5.60. The van der Waals surface area contributed by atoms with Gasteiger partial charge in [-0.2, -0.15) is 0 Å². The third-order valence-corrected chi connectivity index (χ3v) is 5.60.